The minimum Gasteiger partial charge on any atom is -0.481 e. The molecule has 40 heavy (non-hydrogen) atoms. The molecule has 0 aliphatic carbocycles. The van der Waals surface area contributed by atoms with Crippen molar-refractivity contribution >= 4 is 34.2 Å². The lowest BCUT2D eigenvalue weighted by molar-refractivity contribution is 0.396. The second-order valence-electron chi connectivity index (χ2n) is 8.56. The van der Waals surface area contributed by atoms with Crippen molar-refractivity contribution in [3.8, 4) is 23.0 Å². The van der Waals surface area contributed by atoms with Gasteiger partial charge in [0.15, 0.2) is 23.0 Å². The van der Waals surface area contributed by atoms with E-state index in [1.807, 2.05) is 0 Å². The van der Waals surface area contributed by atoms with Gasteiger partial charge in [-0.15, -0.1) is 0 Å². The number of fused-ring (bicyclic) bond motifs is 1. The Hall–Kier alpha value is -4.36. The zero-order chi connectivity index (χ0) is 28.7. The van der Waals surface area contributed by atoms with Crippen LogP contribution in [0.3, 0.4) is 0 Å². The molecular weight excluding hydrogens is 571 g/mol. The van der Waals surface area contributed by atoms with E-state index in [0.717, 1.165) is 10.6 Å². The van der Waals surface area contributed by atoms with Crippen LogP contribution in [0.1, 0.15) is 11.4 Å². The predicted octanol–water partition coefficient (Wildman–Crippen LogP) is 3.45. The maximum absolute atomic E-state index is 14.2. The smallest absolute Gasteiger partial charge is 0.332 e. The van der Waals surface area contributed by atoms with Crippen molar-refractivity contribution in [2.75, 3.05) is 14.2 Å². The standard InChI is InChI=1S/C25H19Cl2F2N7O4/c1-34-11-30-18(33-34)10-36-24(37)22-17(35(25(36)38)9-12-6-15(27)20(29)16(28)7-12)8-13(23(32-22)40-3)21-14(26)4-5-19(31-21)39-2/h4-8,11H,9-10H2,1-3H3. The Morgan fingerprint density at radius 3 is 2.38 bits per heavy atom. The molecule has 0 fully saturated rings. The van der Waals surface area contributed by atoms with Gasteiger partial charge in [-0.2, -0.15) is 5.10 Å². The van der Waals surface area contributed by atoms with E-state index in [9.17, 15) is 18.4 Å². The topological polar surface area (TPSA) is 119 Å². The van der Waals surface area contributed by atoms with Crippen LogP contribution in [0.5, 0.6) is 11.8 Å². The molecule has 0 atom stereocenters. The third-order valence-electron chi connectivity index (χ3n) is 5.98. The Bertz CT molecular complexity index is 1880. The van der Waals surface area contributed by atoms with E-state index in [2.05, 4.69) is 20.1 Å². The normalized spacial score (nSPS) is 11.3. The lowest BCUT2D eigenvalue weighted by Gasteiger charge is -2.16. The number of hydrogen-bond donors (Lipinski definition) is 0. The van der Waals surface area contributed by atoms with Crippen molar-refractivity contribution in [2.45, 2.75) is 13.1 Å². The Labute approximate surface area is 234 Å². The van der Waals surface area contributed by atoms with Crippen molar-refractivity contribution in [3.63, 3.8) is 0 Å². The molecule has 5 rings (SSSR count). The van der Waals surface area contributed by atoms with E-state index in [4.69, 9.17) is 32.7 Å². The maximum Gasteiger partial charge on any atom is 0.332 e. The van der Waals surface area contributed by atoms with Gasteiger partial charge < -0.3 is 9.47 Å². The molecule has 15 heteroatoms. The molecule has 0 saturated carbocycles. The van der Waals surface area contributed by atoms with E-state index in [1.54, 1.807) is 19.2 Å². The van der Waals surface area contributed by atoms with Crippen molar-refractivity contribution in [1.29, 1.82) is 0 Å². The highest BCUT2D eigenvalue weighted by Gasteiger charge is 2.22. The maximum atomic E-state index is 14.2. The highest BCUT2D eigenvalue weighted by Crippen LogP contribution is 2.35. The van der Waals surface area contributed by atoms with Crippen LogP contribution in [0.4, 0.5) is 8.78 Å². The van der Waals surface area contributed by atoms with Crippen molar-refractivity contribution < 1.29 is 18.3 Å². The Balaban J connectivity index is 1.82. The lowest BCUT2D eigenvalue weighted by atomic mass is 10.1. The fourth-order valence-corrected chi connectivity index (χ4v) is 4.57. The van der Waals surface area contributed by atoms with Gasteiger partial charge in [0.1, 0.15) is 6.33 Å². The van der Waals surface area contributed by atoms with Gasteiger partial charge >= 0.3 is 5.69 Å². The van der Waals surface area contributed by atoms with Crippen LogP contribution in [0.2, 0.25) is 10.0 Å². The predicted molar refractivity (Wildman–Crippen MR) is 142 cm³/mol. The summed E-state index contributed by atoms with van der Waals surface area (Å²) < 4.78 is 42.2. The summed E-state index contributed by atoms with van der Waals surface area (Å²) in [5.41, 5.74) is -1.01. The Kier molecular flexibility index (Phi) is 7.25. The molecule has 11 nitrogen and oxygen atoms in total. The molecule has 0 aliphatic heterocycles. The summed E-state index contributed by atoms with van der Waals surface area (Å²) in [6.07, 6.45) is 1.42. The third-order valence-corrected chi connectivity index (χ3v) is 6.56. The van der Waals surface area contributed by atoms with Crippen LogP contribution < -0.4 is 20.7 Å². The van der Waals surface area contributed by atoms with Crippen molar-refractivity contribution in [3.05, 3.63) is 90.6 Å². The van der Waals surface area contributed by atoms with Crippen LogP contribution >= 0.6 is 23.2 Å². The van der Waals surface area contributed by atoms with Crippen LogP contribution in [0.25, 0.3) is 22.3 Å². The average molecular weight is 590 g/mol. The number of rotatable bonds is 7. The number of halogens is 4. The first-order chi connectivity index (χ1) is 19.1. The summed E-state index contributed by atoms with van der Waals surface area (Å²) >= 11 is 12.3. The molecule has 4 aromatic heterocycles. The summed E-state index contributed by atoms with van der Waals surface area (Å²) in [4.78, 5) is 40.2. The van der Waals surface area contributed by atoms with E-state index in [1.165, 1.54) is 41.9 Å². The summed E-state index contributed by atoms with van der Waals surface area (Å²) in [7, 11) is 4.41. The summed E-state index contributed by atoms with van der Waals surface area (Å²) in [6, 6.07) is 6.67. The number of methoxy groups -OCH3 is 2. The highest BCUT2D eigenvalue weighted by molar-refractivity contribution is 6.33. The second-order valence-corrected chi connectivity index (χ2v) is 9.38. The van der Waals surface area contributed by atoms with Gasteiger partial charge in [-0.3, -0.25) is 18.6 Å². The molecule has 0 bridgehead atoms. The van der Waals surface area contributed by atoms with Gasteiger partial charge in [0, 0.05) is 13.1 Å². The molecule has 5 aromatic rings. The first kappa shape index (κ1) is 27.2. The minimum atomic E-state index is -1.22. The molecule has 0 saturated heterocycles. The fourth-order valence-electron chi connectivity index (χ4n) is 4.14. The van der Waals surface area contributed by atoms with Crippen LogP contribution in [-0.2, 0) is 20.1 Å². The molecule has 4 heterocycles. The second kappa shape index (κ2) is 10.7. The number of aromatic nitrogens is 7. The van der Waals surface area contributed by atoms with Gasteiger partial charge in [0.05, 0.1) is 54.1 Å². The summed E-state index contributed by atoms with van der Waals surface area (Å²) in [5, 5.41) is 3.89. The lowest BCUT2D eigenvalue weighted by Crippen LogP contribution is -2.41. The van der Waals surface area contributed by atoms with E-state index in [0.29, 0.717) is 0 Å². The van der Waals surface area contributed by atoms with E-state index < -0.39 is 27.9 Å². The number of pyridine rings is 2. The first-order valence-corrected chi connectivity index (χ1v) is 12.3. The molecule has 0 N–H and O–H groups in total. The van der Waals surface area contributed by atoms with E-state index in [-0.39, 0.29) is 63.6 Å². The molecule has 1 aromatic carbocycles. The SMILES string of the molecule is COc1ccc(Cl)c(-c2cc3c(nc2OC)c(=O)n(Cc2ncn(C)n2)c(=O)n3Cc2cc(F)c(F)c(Cl)c2)n1. The molecule has 206 valence electrons. The van der Waals surface area contributed by atoms with E-state index >= 15 is 0 Å². The largest absolute Gasteiger partial charge is 0.481 e. The van der Waals surface area contributed by atoms with Crippen LogP contribution in [0, 0.1) is 11.6 Å². The number of nitrogens with zero attached hydrogens (tertiary/aromatic N) is 7. The molecule has 0 unspecified atom stereocenters. The third kappa shape index (κ3) is 4.89. The number of benzene rings is 1. The Morgan fingerprint density at radius 2 is 1.73 bits per heavy atom. The highest BCUT2D eigenvalue weighted by atomic mass is 35.5. The van der Waals surface area contributed by atoms with Crippen molar-refractivity contribution in [2.24, 2.45) is 7.05 Å². The molecular formula is C25H19Cl2F2N7O4. The van der Waals surface area contributed by atoms with Gasteiger partial charge in [0.25, 0.3) is 5.56 Å². The number of hydrogen-bond acceptors (Lipinski definition) is 8. The zero-order valence-corrected chi connectivity index (χ0v) is 22.7. The van der Waals surface area contributed by atoms with Crippen LogP contribution in [-0.4, -0.2) is 48.1 Å². The quantitative estimate of drug-likeness (QED) is 0.265. The first-order valence-electron chi connectivity index (χ1n) is 11.5. The van der Waals surface area contributed by atoms with Gasteiger partial charge in [-0.05, 0) is 29.8 Å². The molecule has 0 amide bonds. The number of aryl methyl sites for hydroxylation is 1. The monoisotopic (exact) mass is 589 g/mol. The van der Waals surface area contributed by atoms with Gasteiger partial charge in [-0.25, -0.2) is 28.5 Å². The summed E-state index contributed by atoms with van der Waals surface area (Å²) in [5.74, 6) is -1.98. The number of ether oxygens (including phenoxy) is 2. The van der Waals surface area contributed by atoms with Gasteiger partial charge in [0.2, 0.25) is 11.8 Å². The Morgan fingerprint density at radius 1 is 0.950 bits per heavy atom. The molecule has 0 radical (unpaired) electrons. The minimum absolute atomic E-state index is 0.00386. The van der Waals surface area contributed by atoms with Gasteiger partial charge in [-0.1, -0.05) is 23.2 Å². The summed E-state index contributed by atoms with van der Waals surface area (Å²) in [6.45, 7) is -0.573. The average Bonchev–Trinajstić information content (AvgIpc) is 3.36. The van der Waals surface area contributed by atoms with Crippen LogP contribution in [0.15, 0.2) is 46.2 Å². The van der Waals surface area contributed by atoms with Crippen molar-refractivity contribution in [1.82, 2.24) is 33.9 Å². The molecule has 0 spiro atoms. The fraction of sp³-hybridized carbons (Fsp3) is 0.200. The molecule has 0 aliphatic rings. The zero-order valence-electron chi connectivity index (χ0n) is 21.2.